The van der Waals surface area contributed by atoms with Crippen LogP contribution < -0.4 is 15.8 Å². The van der Waals surface area contributed by atoms with Crippen molar-refractivity contribution in [3.05, 3.63) is 24.3 Å². The third-order valence-electron chi connectivity index (χ3n) is 3.06. The number of rotatable bonds is 7. The van der Waals surface area contributed by atoms with E-state index in [1.54, 1.807) is 24.3 Å². The Morgan fingerprint density at radius 3 is 2.72 bits per heavy atom. The number of nitrogen functional groups attached to an aromatic ring is 1. The number of nitrogens with one attached hydrogen (secondary N) is 1. The van der Waals surface area contributed by atoms with E-state index < -0.39 is 0 Å². The molecule has 4 nitrogen and oxygen atoms in total. The number of benzene rings is 1. The second-order valence-electron chi connectivity index (χ2n) is 4.79. The summed E-state index contributed by atoms with van der Waals surface area (Å²) >= 11 is 0. The van der Waals surface area contributed by atoms with Gasteiger partial charge in [-0.15, -0.1) is 0 Å². The predicted molar refractivity (Wildman–Crippen MR) is 71.3 cm³/mol. The third-order valence-corrected chi connectivity index (χ3v) is 3.06. The van der Waals surface area contributed by atoms with E-state index in [2.05, 4.69) is 5.32 Å². The quantitative estimate of drug-likeness (QED) is 0.572. The first-order chi connectivity index (χ1) is 8.74. The Balaban J connectivity index is 1.57. The monoisotopic (exact) mass is 248 g/mol. The molecule has 2 rings (SSSR count). The summed E-state index contributed by atoms with van der Waals surface area (Å²) in [6, 6.07) is 7.02. The Kier molecular flexibility index (Phi) is 4.45. The predicted octanol–water partition coefficient (Wildman–Crippen LogP) is 1.95. The van der Waals surface area contributed by atoms with Crippen molar-refractivity contribution in [1.29, 1.82) is 0 Å². The first-order valence-electron chi connectivity index (χ1n) is 6.49. The fourth-order valence-corrected chi connectivity index (χ4v) is 1.79. The van der Waals surface area contributed by atoms with Crippen LogP contribution in [-0.2, 0) is 4.79 Å². The molecule has 0 atom stereocenters. The molecule has 1 saturated carbocycles. The van der Waals surface area contributed by atoms with Crippen LogP contribution in [0, 0.1) is 5.92 Å². The van der Waals surface area contributed by atoms with Crippen molar-refractivity contribution in [2.75, 3.05) is 18.9 Å². The number of nitrogens with two attached hydrogens (primary N) is 1. The van der Waals surface area contributed by atoms with Crippen molar-refractivity contribution >= 4 is 11.6 Å². The van der Waals surface area contributed by atoms with E-state index in [1.165, 1.54) is 19.3 Å². The van der Waals surface area contributed by atoms with Crippen LogP contribution in [0.3, 0.4) is 0 Å². The van der Waals surface area contributed by atoms with Gasteiger partial charge in [0, 0.05) is 12.2 Å². The van der Waals surface area contributed by atoms with E-state index in [-0.39, 0.29) is 12.5 Å². The number of carbonyl (C=O) groups excluding carboxylic acids is 1. The fourth-order valence-electron chi connectivity index (χ4n) is 1.79. The van der Waals surface area contributed by atoms with Gasteiger partial charge in [-0.05, 0) is 43.0 Å². The van der Waals surface area contributed by atoms with E-state index >= 15 is 0 Å². The van der Waals surface area contributed by atoms with E-state index in [1.807, 2.05) is 0 Å². The van der Waals surface area contributed by atoms with Gasteiger partial charge in [0.05, 0.1) is 0 Å². The molecule has 1 fully saturated rings. The Bertz CT molecular complexity index is 385. The molecule has 0 aromatic heterocycles. The third kappa shape index (κ3) is 4.65. The van der Waals surface area contributed by atoms with Gasteiger partial charge in [-0.25, -0.2) is 0 Å². The summed E-state index contributed by atoms with van der Waals surface area (Å²) in [6.07, 6.45) is 5.04. The first-order valence-corrected chi connectivity index (χ1v) is 6.49. The minimum atomic E-state index is -0.0670. The molecule has 18 heavy (non-hydrogen) atoms. The SMILES string of the molecule is Nc1ccc(OCC(=O)NCCCC2CC2)cc1. The molecule has 1 amide bonds. The van der Waals surface area contributed by atoms with Gasteiger partial charge in [0.15, 0.2) is 6.61 Å². The highest BCUT2D eigenvalue weighted by Gasteiger charge is 2.20. The molecule has 1 aromatic rings. The van der Waals surface area contributed by atoms with Crippen molar-refractivity contribution in [1.82, 2.24) is 5.32 Å². The van der Waals surface area contributed by atoms with E-state index in [4.69, 9.17) is 10.5 Å². The molecule has 4 heteroatoms. The Labute approximate surface area is 108 Å². The van der Waals surface area contributed by atoms with Crippen LogP contribution in [0.1, 0.15) is 25.7 Å². The van der Waals surface area contributed by atoms with Crippen molar-refractivity contribution in [2.24, 2.45) is 5.92 Å². The highest BCUT2D eigenvalue weighted by Crippen LogP contribution is 2.33. The highest BCUT2D eigenvalue weighted by molar-refractivity contribution is 5.77. The molecule has 0 spiro atoms. The molecule has 98 valence electrons. The number of amides is 1. The zero-order valence-corrected chi connectivity index (χ0v) is 10.5. The zero-order chi connectivity index (χ0) is 12.8. The molecule has 0 heterocycles. The van der Waals surface area contributed by atoms with Gasteiger partial charge in [-0.2, -0.15) is 0 Å². The van der Waals surface area contributed by atoms with Crippen LogP contribution in [-0.4, -0.2) is 19.1 Å². The minimum absolute atomic E-state index is 0.0628. The van der Waals surface area contributed by atoms with Crippen LogP contribution >= 0.6 is 0 Å². The number of hydrogen-bond acceptors (Lipinski definition) is 3. The van der Waals surface area contributed by atoms with Crippen LogP contribution in [0.25, 0.3) is 0 Å². The smallest absolute Gasteiger partial charge is 0.257 e. The minimum Gasteiger partial charge on any atom is -0.484 e. The average Bonchev–Trinajstić information content (AvgIpc) is 3.18. The van der Waals surface area contributed by atoms with Crippen molar-refractivity contribution in [3.63, 3.8) is 0 Å². The van der Waals surface area contributed by atoms with Gasteiger partial charge in [0.2, 0.25) is 0 Å². The van der Waals surface area contributed by atoms with E-state index in [0.717, 1.165) is 18.9 Å². The molecule has 0 unspecified atom stereocenters. The van der Waals surface area contributed by atoms with Crippen molar-refractivity contribution in [3.8, 4) is 5.75 Å². The number of carbonyl (C=O) groups is 1. The van der Waals surface area contributed by atoms with Crippen LogP contribution in [0.4, 0.5) is 5.69 Å². The molecule has 1 aliphatic carbocycles. The second-order valence-corrected chi connectivity index (χ2v) is 4.79. The lowest BCUT2D eigenvalue weighted by Crippen LogP contribution is -2.29. The van der Waals surface area contributed by atoms with Crippen molar-refractivity contribution < 1.29 is 9.53 Å². The first kappa shape index (κ1) is 12.7. The molecule has 0 bridgehead atoms. The van der Waals surface area contributed by atoms with Gasteiger partial charge in [0.25, 0.3) is 5.91 Å². The standard InChI is InChI=1S/C14H20N2O2/c15-12-5-7-13(8-6-12)18-10-14(17)16-9-1-2-11-3-4-11/h5-8,11H,1-4,9-10,15H2,(H,16,17). The van der Waals surface area contributed by atoms with Gasteiger partial charge < -0.3 is 15.8 Å². The summed E-state index contributed by atoms with van der Waals surface area (Å²) in [4.78, 5) is 11.5. The normalized spacial score (nSPS) is 14.2. The molecule has 3 N–H and O–H groups in total. The Morgan fingerprint density at radius 1 is 1.33 bits per heavy atom. The lowest BCUT2D eigenvalue weighted by atomic mass is 10.2. The highest BCUT2D eigenvalue weighted by atomic mass is 16.5. The van der Waals surface area contributed by atoms with Crippen LogP contribution in [0.5, 0.6) is 5.75 Å². The fraction of sp³-hybridized carbons (Fsp3) is 0.500. The summed E-state index contributed by atoms with van der Waals surface area (Å²) in [5, 5.41) is 2.86. The second kappa shape index (κ2) is 6.28. The summed E-state index contributed by atoms with van der Waals surface area (Å²) in [6.45, 7) is 0.813. The van der Waals surface area contributed by atoms with Crippen molar-refractivity contribution in [2.45, 2.75) is 25.7 Å². The molecule has 0 saturated heterocycles. The number of anilines is 1. The molecule has 1 aromatic carbocycles. The molecule has 0 radical (unpaired) electrons. The number of hydrogen-bond donors (Lipinski definition) is 2. The largest absolute Gasteiger partial charge is 0.484 e. The number of ether oxygens (including phenoxy) is 1. The topological polar surface area (TPSA) is 64.3 Å². The van der Waals surface area contributed by atoms with Crippen LogP contribution in [0.15, 0.2) is 24.3 Å². The van der Waals surface area contributed by atoms with Crippen LogP contribution in [0.2, 0.25) is 0 Å². The Hall–Kier alpha value is -1.71. The molecular formula is C14H20N2O2. The summed E-state index contributed by atoms with van der Waals surface area (Å²) in [5.74, 6) is 1.52. The lowest BCUT2D eigenvalue weighted by molar-refractivity contribution is -0.123. The summed E-state index contributed by atoms with van der Waals surface area (Å²) < 4.78 is 5.35. The maximum Gasteiger partial charge on any atom is 0.257 e. The molecule has 0 aliphatic heterocycles. The van der Waals surface area contributed by atoms with E-state index in [0.29, 0.717) is 11.4 Å². The molecule has 1 aliphatic rings. The molecular weight excluding hydrogens is 228 g/mol. The average molecular weight is 248 g/mol. The van der Waals surface area contributed by atoms with Gasteiger partial charge in [-0.3, -0.25) is 4.79 Å². The summed E-state index contributed by atoms with van der Waals surface area (Å²) in [5.41, 5.74) is 6.25. The van der Waals surface area contributed by atoms with Gasteiger partial charge in [-0.1, -0.05) is 12.8 Å². The lowest BCUT2D eigenvalue weighted by Gasteiger charge is -2.07. The van der Waals surface area contributed by atoms with E-state index in [9.17, 15) is 4.79 Å². The Morgan fingerprint density at radius 2 is 2.06 bits per heavy atom. The van der Waals surface area contributed by atoms with Gasteiger partial charge >= 0.3 is 0 Å². The maximum absolute atomic E-state index is 11.5. The zero-order valence-electron chi connectivity index (χ0n) is 10.5. The summed E-state index contributed by atoms with van der Waals surface area (Å²) in [7, 11) is 0. The maximum atomic E-state index is 11.5. The van der Waals surface area contributed by atoms with Gasteiger partial charge in [0.1, 0.15) is 5.75 Å².